The molecule has 8 heteroatoms. The number of aromatic nitrogens is 1. The van der Waals surface area contributed by atoms with Crippen molar-refractivity contribution in [1.29, 1.82) is 0 Å². The number of halogens is 3. The van der Waals surface area contributed by atoms with Gasteiger partial charge in [0.25, 0.3) is 5.91 Å². The maximum absolute atomic E-state index is 12.4. The lowest BCUT2D eigenvalue weighted by Gasteiger charge is -2.14. The second-order valence-electron chi connectivity index (χ2n) is 4.27. The van der Waals surface area contributed by atoms with Crippen LogP contribution in [0.4, 0.5) is 14.5 Å². The second-order valence-corrected chi connectivity index (χ2v) is 5.19. The van der Waals surface area contributed by atoms with E-state index < -0.39 is 12.5 Å². The summed E-state index contributed by atoms with van der Waals surface area (Å²) in [5.41, 5.74) is 6.43. The van der Waals surface area contributed by atoms with E-state index in [9.17, 15) is 13.6 Å². The molecule has 0 radical (unpaired) electrons. The predicted molar refractivity (Wildman–Crippen MR) is 80.9 cm³/mol. The molecule has 0 spiro atoms. The topological polar surface area (TPSA) is 77.2 Å². The lowest BCUT2D eigenvalue weighted by molar-refractivity contribution is -0.0504. The number of primary amides is 1. The molecule has 0 saturated carbocycles. The van der Waals surface area contributed by atoms with E-state index in [0.717, 1.165) is 4.47 Å². The minimum Gasteiger partial charge on any atom is -0.434 e. The number of nitrogens with zero attached hydrogens (tertiary/aromatic N) is 1. The highest BCUT2D eigenvalue weighted by molar-refractivity contribution is 9.10. The average molecular weight is 372 g/mol. The number of pyridine rings is 1. The molecule has 5 nitrogen and oxygen atoms in total. The van der Waals surface area contributed by atoms with Gasteiger partial charge in [-0.2, -0.15) is 8.78 Å². The summed E-state index contributed by atoms with van der Waals surface area (Å²) >= 11 is 3.27. The van der Waals surface area contributed by atoms with Crippen LogP contribution in [0.25, 0.3) is 0 Å². The fourth-order valence-corrected chi connectivity index (χ4v) is 2.24. The number of carbonyl (C=O) groups excluding carboxylic acids is 1. The van der Waals surface area contributed by atoms with Crippen molar-refractivity contribution < 1.29 is 18.3 Å². The van der Waals surface area contributed by atoms with Gasteiger partial charge in [-0.25, -0.2) is 0 Å². The van der Waals surface area contributed by atoms with Gasteiger partial charge in [-0.3, -0.25) is 9.78 Å². The van der Waals surface area contributed by atoms with Crippen LogP contribution >= 0.6 is 15.9 Å². The third-order valence-electron chi connectivity index (χ3n) is 2.79. The normalized spacial score (nSPS) is 10.5. The Morgan fingerprint density at radius 1 is 1.41 bits per heavy atom. The van der Waals surface area contributed by atoms with Crippen molar-refractivity contribution in [2.75, 3.05) is 5.32 Å². The van der Waals surface area contributed by atoms with Crippen LogP contribution in [-0.2, 0) is 6.54 Å². The molecule has 0 unspecified atom stereocenters. The number of rotatable bonds is 6. The zero-order valence-electron chi connectivity index (χ0n) is 11.2. The number of amides is 1. The molecule has 0 saturated heterocycles. The minimum atomic E-state index is -2.91. The first kappa shape index (κ1) is 16.2. The highest BCUT2D eigenvalue weighted by atomic mass is 79.9. The largest absolute Gasteiger partial charge is 0.434 e. The smallest absolute Gasteiger partial charge is 0.387 e. The molecule has 2 rings (SSSR count). The Kier molecular flexibility index (Phi) is 5.26. The zero-order chi connectivity index (χ0) is 16.1. The maximum atomic E-state index is 12.4. The van der Waals surface area contributed by atoms with E-state index in [-0.39, 0.29) is 17.9 Å². The van der Waals surface area contributed by atoms with Crippen molar-refractivity contribution in [2.45, 2.75) is 13.2 Å². The number of alkyl halides is 2. The van der Waals surface area contributed by atoms with Crippen LogP contribution in [0.2, 0.25) is 0 Å². The Balaban J connectivity index is 2.21. The van der Waals surface area contributed by atoms with Crippen molar-refractivity contribution in [3.05, 3.63) is 52.3 Å². The van der Waals surface area contributed by atoms with E-state index in [1.54, 1.807) is 18.2 Å². The first-order valence-electron chi connectivity index (χ1n) is 6.18. The molecule has 0 aliphatic rings. The molecule has 116 valence electrons. The van der Waals surface area contributed by atoms with Gasteiger partial charge in [0.1, 0.15) is 5.75 Å². The van der Waals surface area contributed by atoms with Crippen LogP contribution in [0.1, 0.15) is 15.9 Å². The molecule has 0 aliphatic heterocycles. The molecule has 3 N–H and O–H groups in total. The summed E-state index contributed by atoms with van der Waals surface area (Å²) in [4.78, 5) is 15.1. The van der Waals surface area contributed by atoms with Gasteiger partial charge < -0.3 is 15.8 Å². The molecule has 0 bridgehead atoms. The number of hydrogen-bond donors (Lipinski definition) is 2. The third-order valence-corrected chi connectivity index (χ3v) is 3.29. The van der Waals surface area contributed by atoms with Gasteiger partial charge in [0, 0.05) is 29.0 Å². The van der Waals surface area contributed by atoms with Crippen LogP contribution < -0.4 is 15.8 Å². The van der Waals surface area contributed by atoms with Crippen molar-refractivity contribution in [3.8, 4) is 5.75 Å². The van der Waals surface area contributed by atoms with Crippen LogP contribution in [0.5, 0.6) is 5.75 Å². The van der Waals surface area contributed by atoms with Crippen LogP contribution in [0.3, 0.4) is 0 Å². The summed E-state index contributed by atoms with van der Waals surface area (Å²) in [6.45, 7) is -2.74. The van der Waals surface area contributed by atoms with Gasteiger partial charge >= 0.3 is 6.61 Å². The van der Waals surface area contributed by atoms with E-state index in [2.05, 4.69) is 31.0 Å². The molecular formula is C14H12BrF2N3O2. The Bertz CT molecular complexity index is 683. The van der Waals surface area contributed by atoms with Crippen LogP contribution in [-0.4, -0.2) is 17.5 Å². The molecule has 0 atom stereocenters. The summed E-state index contributed by atoms with van der Waals surface area (Å²) in [6, 6.07) is 6.26. The van der Waals surface area contributed by atoms with Crippen molar-refractivity contribution >= 4 is 27.5 Å². The molecule has 1 heterocycles. The zero-order valence-corrected chi connectivity index (χ0v) is 12.8. The number of ether oxygens (including phenoxy) is 1. The average Bonchev–Trinajstić information content (AvgIpc) is 2.47. The summed E-state index contributed by atoms with van der Waals surface area (Å²) in [6.07, 6.45) is 2.83. The summed E-state index contributed by atoms with van der Waals surface area (Å²) in [5.74, 6) is -0.575. The van der Waals surface area contributed by atoms with Crippen LogP contribution in [0, 0.1) is 0 Å². The van der Waals surface area contributed by atoms with Crippen molar-refractivity contribution in [3.63, 3.8) is 0 Å². The number of benzene rings is 1. The number of nitrogens with two attached hydrogens (primary N) is 1. The molecule has 1 aromatic carbocycles. The number of anilines is 1. The summed E-state index contributed by atoms with van der Waals surface area (Å²) in [7, 11) is 0. The lowest BCUT2D eigenvalue weighted by atomic mass is 10.1. The quantitative estimate of drug-likeness (QED) is 0.817. The van der Waals surface area contributed by atoms with Gasteiger partial charge in [-0.15, -0.1) is 0 Å². The molecule has 22 heavy (non-hydrogen) atoms. The SMILES string of the molecule is NC(=O)c1cnccc1NCc1cc(Br)ccc1OC(F)F. The van der Waals surface area contributed by atoms with E-state index in [1.165, 1.54) is 18.5 Å². The van der Waals surface area contributed by atoms with E-state index in [0.29, 0.717) is 11.3 Å². The third kappa shape index (κ3) is 4.14. The number of hydrogen-bond acceptors (Lipinski definition) is 4. The fourth-order valence-electron chi connectivity index (χ4n) is 1.83. The number of carbonyl (C=O) groups is 1. The first-order valence-corrected chi connectivity index (χ1v) is 6.97. The van der Waals surface area contributed by atoms with Crippen molar-refractivity contribution in [1.82, 2.24) is 4.98 Å². The standard InChI is InChI=1S/C14H12BrF2N3O2/c15-9-1-2-12(22-14(16)17)8(5-9)6-20-11-3-4-19-7-10(11)13(18)21/h1-5,7,14H,6H2,(H2,18,21)(H,19,20). The Morgan fingerprint density at radius 3 is 2.86 bits per heavy atom. The predicted octanol–water partition coefficient (Wildman–Crippen LogP) is 3.16. The molecule has 0 fully saturated rings. The van der Waals surface area contributed by atoms with Gasteiger partial charge in [0.2, 0.25) is 0 Å². The monoisotopic (exact) mass is 371 g/mol. The molecule has 2 aromatic rings. The Morgan fingerprint density at radius 2 is 2.18 bits per heavy atom. The maximum Gasteiger partial charge on any atom is 0.387 e. The van der Waals surface area contributed by atoms with Gasteiger partial charge in [0.15, 0.2) is 0 Å². The summed E-state index contributed by atoms with van der Waals surface area (Å²) < 4.78 is 30.0. The minimum absolute atomic E-state index is 0.0559. The van der Waals surface area contributed by atoms with E-state index >= 15 is 0 Å². The lowest BCUT2D eigenvalue weighted by Crippen LogP contribution is -2.15. The second kappa shape index (κ2) is 7.17. The molecule has 0 aliphatic carbocycles. The molecule has 1 amide bonds. The highest BCUT2D eigenvalue weighted by Crippen LogP contribution is 2.26. The van der Waals surface area contributed by atoms with Gasteiger partial charge in [0.05, 0.1) is 11.3 Å². The van der Waals surface area contributed by atoms with E-state index in [4.69, 9.17) is 5.73 Å². The number of nitrogens with one attached hydrogen (secondary N) is 1. The molecule has 1 aromatic heterocycles. The Hall–Kier alpha value is -2.22. The first-order chi connectivity index (χ1) is 10.5. The Labute approximate surface area is 133 Å². The highest BCUT2D eigenvalue weighted by Gasteiger charge is 2.12. The van der Waals surface area contributed by atoms with Crippen LogP contribution in [0.15, 0.2) is 41.1 Å². The summed E-state index contributed by atoms with van der Waals surface area (Å²) in [5, 5.41) is 2.97. The fraction of sp³-hybridized carbons (Fsp3) is 0.143. The van der Waals surface area contributed by atoms with E-state index in [1.807, 2.05) is 0 Å². The van der Waals surface area contributed by atoms with Gasteiger partial charge in [-0.05, 0) is 24.3 Å². The van der Waals surface area contributed by atoms with Crippen molar-refractivity contribution in [2.24, 2.45) is 5.73 Å². The molecular weight excluding hydrogens is 360 g/mol. The van der Waals surface area contributed by atoms with Gasteiger partial charge in [-0.1, -0.05) is 15.9 Å².